The molecule has 0 heterocycles. The lowest BCUT2D eigenvalue weighted by Gasteiger charge is -2.05. The maximum absolute atomic E-state index is 10.8. The molecule has 0 unspecified atom stereocenters. The van der Waals surface area contributed by atoms with E-state index in [4.69, 9.17) is 0 Å². The van der Waals surface area contributed by atoms with Crippen molar-refractivity contribution in [2.45, 2.75) is 13.3 Å². The van der Waals surface area contributed by atoms with Crippen molar-refractivity contribution in [3.63, 3.8) is 0 Å². The molecule has 2 nitrogen and oxygen atoms in total. The Kier molecular flexibility index (Phi) is 4.32. The lowest BCUT2D eigenvalue weighted by atomic mass is 10.2. The summed E-state index contributed by atoms with van der Waals surface area (Å²) in [5.74, 6) is 0.211. The first-order valence-electron chi connectivity index (χ1n) is 3.17. The number of hydrogen-bond acceptors (Lipinski definition) is 2. The number of Topliss-reactive ketones (excluding diaryl/α,β-unsaturated/α-hetero) is 1. The van der Waals surface area contributed by atoms with Crippen LogP contribution in [-0.4, -0.2) is 31.3 Å². The molecule has 0 aromatic heterocycles. The first kappa shape index (κ1) is 8.63. The molecular weight excluding hydrogens is 114 g/mol. The Hall–Kier alpha value is -0.370. The average Bonchev–Trinajstić information content (AvgIpc) is 1.63. The van der Waals surface area contributed by atoms with Crippen molar-refractivity contribution in [1.29, 1.82) is 0 Å². The first-order valence-corrected chi connectivity index (χ1v) is 3.17. The molecule has 0 spiro atoms. The predicted molar refractivity (Wildman–Crippen MR) is 38.2 cm³/mol. The monoisotopic (exact) mass is 128 g/mol. The molecule has 0 aliphatic rings. The van der Waals surface area contributed by atoms with Crippen LogP contribution in [-0.2, 0) is 4.79 Å². The van der Waals surface area contributed by atoms with Crippen molar-refractivity contribution in [1.82, 2.24) is 4.90 Å². The number of nitrogens with zero attached hydrogens (tertiary/aromatic N) is 1. The zero-order valence-electron chi connectivity index (χ0n) is 6.35. The van der Waals surface area contributed by atoms with E-state index in [-0.39, 0.29) is 5.78 Å². The van der Waals surface area contributed by atoms with Crippen LogP contribution in [0.4, 0.5) is 0 Å². The quantitative estimate of drug-likeness (QED) is 0.556. The Morgan fingerprint density at radius 2 is 2.11 bits per heavy atom. The fourth-order valence-corrected chi connectivity index (χ4v) is 0.604. The van der Waals surface area contributed by atoms with Crippen LogP contribution < -0.4 is 0 Å². The Labute approximate surface area is 56.9 Å². The van der Waals surface area contributed by atoms with Gasteiger partial charge in [-0.25, -0.2) is 0 Å². The fourth-order valence-electron chi connectivity index (χ4n) is 0.604. The van der Waals surface area contributed by atoms with Gasteiger partial charge >= 0.3 is 0 Å². The smallest absolute Gasteiger partial charge is 0.150 e. The molecule has 0 amide bonds. The molecule has 0 rings (SSSR count). The summed E-state index contributed by atoms with van der Waals surface area (Å²) in [4.78, 5) is 12.6. The van der Waals surface area contributed by atoms with Gasteiger partial charge in [0.1, 0.15) is 0 Å². The van der Waals surface area contributed by atoms with Gasteiger partial charge in [-0.05, 0) is 20.5 Å². The second kappa shape index (κ2) is 4.50. The summed E-state index contributed by atoms with van der Waals surface area (Å²) in [5, 5.41) is 0. The lowest BCUT2D eigenvalue weighted by molar-refractivity contribution is -0.116. The molecule has 53 valence electrons. The molecule has 2 heteroatoms. The second-order valence-electron chi connectivity index (χ2n) is 2.32. The molecule has 9 heavy (non-hydrogen) atoms. The standard InChI is InChI=1S/C7H14NO/c1-4-5-7(9)6-8(2)3/h5H,4,6H2,1-3H3. The number of carbonyl (C=O) groups is 1. The van der Waals surface area contributed by atoms with Crippen molar-refractivity contribution in [3.8, 4) is 0 Å². The zero-order valence-corrected chi connectivity index (χ0v) is 6.35. The van der Waals surface area contributed by atoms with Gasteiger partial charge in [0, 0.05) is 6.42 Å². The van der Waals surface area contributed by atoms with Crippen LogP contribution in [0.2, 0.25) is 0 Å². The van der Waals surface area contributed by atoms with E-state index in [0.717, 1.165) is 6.42 Å². The van der Waals surface area contributed by atoms with Crippen LogP contribution in [0, 0.1) is 6.42 Å². The van der Waals surface area contributed by atoms with E-state index in [0.29, 0.717) is 6.54 Å². The van der Waals surface area contributed by atoms with Crippen molar-refractivity contribution < 1.29 is 4.79 Å². The summed E-state index contributed by atoms with van der Waals surface area (Å²) in [6, 6.07) is 0. The predicted octanol–water partition coefficient (Wildman–Crippen LogP) is 0.731. The number of likely N-dealkylation sites (N-methyl/N-ethyl adjacent to an activating group) is 1. The third kappa shape index (κ3) is 5.50. The highest BCUT2D eigenvalue weighted by atomic mass is 16.1. The van der Waals surface area contributed by atoms with E-state index < -0.39 is 0 Å². The van der Waals surface area contributed by atoms with E-state index in [1.807, 2.05) is 25.9 Å². The molecule has 0 fully saturated rings. The van der Waals surface area contributed by atoms with Gasteiger partial charge in [0.25, 0.3) is 0 Å². The maximum Gasteiger partial charge on any atom is 0.150 e. The molecule has 0 saturated heterocycles. The van der Waals surface area contributed by atoms with Crippen molar-refractivity contribution in [3.05, 3.63) is 6.42 Å². The van der Waals surface area contributed by atoms with Crippen LogP contribution in [0.15, 0.2) is 0 Å². The van der Waals surface area contributed by atoms with Crippen LogP contribution >= 0.6 is 0 Å². The molecule has 0 saturated carbocycles. The number of rotatable bonds is 4. The SMILES string of the molecule is CC[CH]C(=O)CN(C)C. The summed E-state index contributed by atoms with van der Waals surface area (Å²) in [5.41, 5.74) is 0. The Morgan fingerprint density at radius 3 is 2.44 bits per heavy atom. The second-order valence-corrected chi connectivity index (χ2v) is 2.32. The number of hydrogen-bond donors (Lipinski definition) is 0. The van der Waals surface area contributed by atoms with E-state index in [1.54, 1.807) is 6.42 Å². The molecule has 0 bridgehead atoms. The van der Waals surface area contributed by atoms with Crippen LogP contribution in [0.5, 0.6) is 0 Å². The lowest BCUT2D eigenvalue weighted by Crippen LogP contribution is -2.21. The molecule has 1 radical (unpaired) electrons. The normalized spacial score (nSPS) is 10.2. The summed E-state index contributed by atoms with van der Waals surface area (Å²) >= 11 is 0. The molecule has 0 aliphatic carbocycles. The van der Waals surface area contributed by atoms with Gasteiger partial charge in [-0.1, -0.05) is 6.92 Å². The van der Waals surface area contributed by atoms with Crippen LogP contribution in [0.3, 0.4) is 0 Å². The van der Waals surface area contributed by atoms with Gasteiger partial charge in [-0.15, -0.1) is 0 Å². The Bertz CT molecular complexity index is 88.9. The summed E-state index contributed by atoms with van der Waals surface area (Å²) in [6.45, 7) is 2.50. The van der Waals surface area contributed by atoms with Crippen molar-refractivity contribution in [2.75, 3.05) is 20.6 Å². The van der Waals surface area contributed by atoms with E-state index >= 15 is 0 Å². The number of ketones is 1. The topological polar surface area (TPSA) is 20.3 Å². The van der Waals surface area contributed by atoms with Gasteiger partial charge in [0.05, 0.1) is 6.54 Å². The summed E-state index contributed by atoms with van der Waals surface area (Å²) in [7, 11) is 3.78. The minimum absolute atomic E-state index is 0.211. The largest absolute Gasteiger partial charge is 0.302 e. The van der Waals surface area contributed by atoms with E-state index in [9.17, 15) is 4.79 Å². The Balaban J connectivity index is 3.27. The zero-order chi connectivity index (χ0) is 7.28. The third-order valence-electron chi connectivity index (χ3n) is 0.904. The van der Waals surface area contributed by atoms with E-state index in [2.05, 4.69) is 0 Å². The van der Waals surface area contributed by atoms with Crippen LogP contribution in [0.1, 0.15) is 13.3 Å². The van der Waals surface area contributed by atoms with Crippen molar-refractivity contribution in [2.24, 2.45) is 0 Å². The molecule has 0 atom stereocenters. The first-order chi connectivity index (χ1) is 4.16. The average molecular weight is 128 g/mol. The highest BCUT2D eigenvalue weighted by Crippen LogP contribution is 1.87. The number of carbonyl (C=O) groups excluding carboxylic acids is 1. The van der Waals surface area contributed by atoms with Gasteiger partial charge in [-0.3, -0.25) is 4.79 Å². The molecule has 0 aliphatic heterocycles. The van der Waals surface area contributed by atoms with Gasteiger partial charge in [-0.2, -0.15) is 0 Å². The van der Waals surface area contributed by atoms with E-state index in [1.165, 1.54) is 0 Å². The maximum atomic E-state index is 10.8. The van der Waals surface area contributed by atoms with Crippen LogP contribution in [0.25, 0.3) is 0 Å². The highest BCUT2D eigenvalue weighted by molar-refractivity contribution is 5.88. The molecule has 0 aromatic rings. The van der Waals surface area contributed by atoms with Gasteiger partial charge in [0.2, 0.25) is 0 Å². The molecular formula is C7H14NO. The fraction of sp³-hybridized carbons (Fsp3) is 0.714. The Morgan fingerprint density at radius 1 is 1.56 bits per heavy atom. The highest BCUT2D eigenvalue weighted by Gasteiger charge is 1.99. The van der Waals surface area contributed by atoms with Gasteiger partial charge < -0.3 is 4.90 Å². The molecule has 0 aromatic carbocycles. The minimum Gasteiger partial charge on any atom is -0.302 e. The van der Waals surface area contributed by atoms with Crippen molar-refractivity contribution >= 4 is 5.78 Å². The summed E-state index contributed by atoms with van der Waals surface area (Å²) < 4.78 is 0. The molecule has 0 N–H and O–H groups in total. The third-order valence-corrected chi connectivity index (χ3v) is 0.904. The van der Waals surface area contributed by atoms with Gasteiger partial charge in [0.15, 0.2) is 5.78 Å². The summed E-state index contributed by atoms with van der Waals surface area (Å²) in [6.07, 6.45) is 2.55. The minimum atomic E-state index is 0.211.